The van der Waals surface area contributed by atoms with Gasteiger partial charge in [0.1, 0.15) is 0 Å². The minimum Gasteiger partial charge on any atom is -0.381 e. The predicted octanol–water partition coefficient (Wildman–Crippen LogP) is 2.87. The summed E-state index contributed by atoms with van der Waals surface area (Å²) in [5.74, 6) is 0. The van der Waals surface area contributed by atoms with Crippen molar-refractivity contribution < 1.29 is 4.74 Å². The van der Waals surface area contributed by atoms with Gasteiger partial charge in [0.15, 0.2) is 0 Å². The molecule has 0 N–H and O–H groups in total. The molecule has 0 fully saturated rings. The molecule has 0 amide bonds. The monoisotopic (exact) mass is 132 g/mol. The molecule has 0 radical (unpaired) electrons. The van der Waals surface area contributed by atoms with Crippen LogP contribution < -0.4 is 0 Å². The van der Waals surface area contributed by atoms with Gasteiger partial charge in [0.2, 0.25) is 0 Å². The van der Waals surface area contributed by atoms with E-state index in [1.165, 1.54) is 0 Å². The molecule has 9 heavy (non-hydrogen) atoms. The summed E-state index contributed by atoms with van der Waals surface area (Å²) in [4.78, 5) is 0. The molecule has 0 bridgehead atoms. The molecule has 0 saturated heterocycles. The van der Waals surface area contributed by atoms with Crippen LogP contribution in [0.5, 0.6) is 0 Å². The van der Waals surface area contributed by atoms with Gasteiger partial charge in [-0.05, 0) is 13.3 Å². The van der Waals surface area contributed by atoms with E-state index >= 15 is 0 Å². The Labute approximate surface area is 59.7 Å². The minimum absolute atomic E-state index is 0. The molecule has 0 saturated carbocycles. The first-order valence-corrected chi connectivity index (χ1v) is 2.45. The Bertz CT molecular complexity index is 50.5. The lowest BCUT2D eigenvalue weighted by atomic mass is 10.3. The average molecular weight is 132 g/mol. The standard InChI is InChI=1S/C6H12O.2CH4/c1-4-5-6(2)7-3;;/h4,6H,1,5H2,2-3H3;2*1H4. The lowest BCUT2D eigenvalue weighted by Crippen LogP contribution is -2.01. The van der Waals surface area contributed by atoms with Crippen molar-refractivity contribution in [3.63, 3.8) is 0 Å². The third-order valence-electron chi connectivity index (χ3n) is 0.901. The Morgan fingerprint density at radius 2 is 2.00 bits per heavy atom. The lowest BCUT2D eigenvalue weighted by Gasteiger charge is -2.02. The van der Waals surface area contributed by atoms with E-state index in [0.717, 1.165) is 6.42 Å². The van der Waals surface area contributed by atoms with Crippen LogP contribution in [0.1, 0.15) is 28.2 Å². The molecule has 58 valence electrons. The molecular weight excluding hydrogens is 112 g/mol. The fourth-order valence-corrected chi connectivity index (χ4v) is 0.331. The molecule has 0 aromatic heterocycles. The maximum Gasteiger partial charge on any atom is 0.0577 e. The van der Waals surface area contributed by atoms with Crippen molar-refractivity contribution in [3.05, 3.63) is 12.7 Å². The largest absolute Gasteiger partial charge is 0.381 e. The van der Waals surface area contributed by atoms with E-state index in [1.807, 2.05) is 13.0 Å². The van der Waals surface area contributed by atoms with Crippen molar-refractivity contribution in [1.82, 2.24) is 0 Å². The van der Waals surface area contributed by atoms with Crippen LogP contribution >= 0.6 is 0 Å². The van der Waals surface area contributed by atoms with Gasteiger partial charge in [-0.25, -0.2) is 0 Å². The zero-order chi connectivity index (χ0) is 5.70. The van der Waals surface area contributed by atoms with E-state index in [9.17, 15) is 0 Å². The van der Waals surface area contributed by atoms with E-state index in [2.05, 4.69) is 6.58 Å². The highest BCUT2D eigenvalue weighted by Crippen LogP contribution is 1.92. The lowest BCUT2D eigenvalue weighted by molar-refractivity contribution is 0.121. The zero-order valence-corrected chi connectivity index (χ0v) is 4.98. The first-order chi connectivity index (χ1) is 3.31. The van der Waals surface area contributed by atoms with Gasteiger partial charge in [-0.1, -0.05) is 20.9 Å². The van der Waals surface area contributed by atoms with Crippen molar-refractivity contribution >= 4 is 0 Å². The van der Waals surface area contributed by atoms with E-state index in [-0.39, 0.29) is 14.9 Å². The third-order valence-corrected chi connectivity index (χ3v) is 0.901. The molecule has 0 heterocycles. The molecule has 1 atom stereocenters. The summed E-state index contributed by atoms with van der Waals surface area (Å²) < 4.78 is 4.92. The number of methoxy groups -OCH3 is 1. The molecule has 0 aliphatic rings. The van der Waals surface area contributed by atoms with Crippen LogP contribution in [-0.2, 0) is 4.74 Å². The summed E-state index contributed by atoms with van der Waals surface area (Å²) in [6.45, 7) is 5.58. The molecular formula is C8H20O. The predicted molar refractivity (Wildman–Crippen MR) is 44.7 cm³/mol. The van der Waals surface area contributed by atoms with Gasteiger partial charge in [-0.15, -0.1) is 6.58 Å². The van der Waals surface area contributed by atoms with E-state index in [1.54, 1.807) is 7.11 Å². The van der Waals surface area contributed by atoms with Gasteiger partial charge in [0.25, 0.3) is 0 Å². The molecule has 0 aromatic rings. The number of hydrogen-bond donors (Lipinski definition) is 0. The van der Waals surface area contributed by atoms with Gasteiger partial charge >= 0.3 is 0 Å². The summed E-state index contributed by atoms with van der Waals surface area (Å²) in [6, 6.07) is 0. The van der Waals surface area contributed by atoms with Crippen LogP contribution in [0.25, 0.3) is 0 Å². The third kappa shape index (κ3) is 11.3. The maximum absolute atomic E-state index is 4.92. The van der Waals surface area contributed by atoms with Gasteiger partial charge in [-0.3, -0.25) is 0 Å². The van der Waals surface area contributed by atoms with Gasteiger partial charge in [0.05, 0.1) is 6.10 Å². The minimum atomic E-state index is 0. The Hall–Kier alpha value is -0.300. The Kier molecular flexibility index (Phi) is 18.8. The van der Waals surface area contributed by atoms with Crippen LogP contribution in [0.2, 0.25) is 0 Å². The summed E-state index contributed by atoms with van der Waals surface area (Å²) >= 11 is 0. The molecule has 0 aromatic carbocycles. The number of ether oxygens (including phenoxy) is 1. The van der Waals surface area contributed by atoms with Crippen LogP contribution in [-0.4, -0.2) is 13.2 Å². The fraction of sp³-hybridized carbons (Fsp3) is 0.750. The van der Waals surface area contributed by atoms with Gasteiger partial charge < -0.3 is 4.74 Å². The number of rotatable bonds is 3. The van der Waals surface area contributed by atoms with Gasteiger partial charge in [-0.2, -0.15) is 0 Å². The van der Waals surface area contributed by atoms with E-state index < -0.39 is 0 Å². The molecule has 1 unspecified atom stereocenters. The van der Waals surface area contributed by atoms with Crippen LogP contribution in [0.4, 0.5) is 0 Å². The van der Waals surface area contributed by atoms with E-state index in [4.69, 9.17) is 4.74 Å². The van der Waals surface area contributed by atoms with Crippen LogP contribution in [0.15, 0.2) is 12.7 Å². The summed E-state index contributed by atoms with van der Waals surface area (Å²) in [5, 5.41) is 0. The second-order valence-corrected chi connectivity index (χ2v) is 1.57. The normalized spacial score (nSPS) is 10.4. The SMILES string of the molecule is C.C.C=CCC(C)OC. The number of hydrogen-bond acceptors (Lipinski definition) is 1. The van der Waals surface area contributed by atoms with Crippen LogP contribution in [0, 0.1) is 0 Å². The van der Waals surface area contributed by atoms with Crippen molar-refractivity contribution in [2.45, 2.75) is 34.3 Å². The Morgan fingerprint density at radius 1 is 1.56 bits per heavy atom. The summed E-state index contributed by atoms with van der Waals surface area (Å²) in [5.41, 5.74) is 0. The second-order valence-electron chi connectivity index (χ2n) is 1.57. The second kappa shape index (κ2) is 10.6. The highest BCUT2D eigenvalue weighted by molar-refractivity contribution is 4.69. The molecule has 0 aliphatic carbocycles. The smallest absolute Gasteiger partial charge is 0.0577 e. The van der Waals surface area contributed by atoms with Crippen molar-refractivity contribution in [1.29, 1.82) is 0 Å². The van der Waals surface area contributed by atoms with Crippen molar-refractivity contribution in [2.75, 3.05) is 7.11 Å². The summed E-state index contributed by atoms with van der Waals surface area (Å²) in [6.07, 6.45) is 3.13. The first-order valence-electron chi connectivity index (χ1n) is 2.45. The van der Waals surface area contributed by atoms with E-state index in [0.29, 0.717) is 6.10 Å². The highest BCUT2D eigenvalue weighted by atomic mass is 16.5. The molecule has 0 rings (SSSR count). The van der Waals surface area contributed by atoms with Crippen molar-refractivity contribution in [3.8, 4) is 0 Å². The van der Waals surface area contributed by atoms with Gasteiger partial charge in [0, 0.05) is 7.11 Å². The molecule has 0 spiro atoms. The topological polar surface area (TPSA) is 9.23 Å². The maximum atomic E-state index is 4.92. The van der Waals surface area contributed by atoms with Crippen molar-refractivity contribution in [2.24, 2.45) is 0 Å². The molecule has 1 heteroatoms. The Balaban J connectivity index is -0.000000180. The highest BCUT2D eigenvalue weighted by Gasteiger charge is 1.90. The molecule has 1 nitrogen and oxygen atoms in total. The Morgan fingerprint density at radius 3 is 2.11 bits per heavy atom. The summed E-state index contributed by atoms with van der Waals surface area (Å²) in [7, 11) is 1.70. The van der Waals surface area contributed by atoms with Crippen LogP contribution in [0.3, 0.4) is 0 Å². The fourth-order valence-electron chi connectivity index (χ4n) is 0.331. The zero-order valence-electron chi connectivity index (χ0n) is 4.98. The quantitative estimate of drug-likeness (QED) is 0.536. The molecule has 0 aliphatic heterocycles. The average Bonchev–Trinajstić information content (AvgIpc) is 1.68. The first kappa shape index (κ1) is 15.9.